The number of hydrogen-bond donors (Lipinski definition) is 1. The zero-order valence-electron chi connectivity index (χ0n) is 11.4. The van der Waals surface area contributed by atoms with E-state index in [2.05, 4.69) is 29.1 Å². The number of carbonyl (C=O) groups excluding carboxylic acids is 1. The molecule has 1 heterocycles. The first kappa shape index (κ1) is 14.5. The molecule has 2 rings (SSSR count). The third-order valence-electron chi connectivity index (χ3n) is 3.21. The van der Waals surface area contributed by atoms with Gasteiger partial charge in [0.15, 0.2) is 0 Å². The van der Waals surface area contributed by atoms with Gasteiger partial charge in [-0.1, -0.05) is 43.6 Å². The lowest BCUT2D eigenvalue weighted by molar-refractivity contribution is 0.102. The summed E-state index contributed by atoms with van der Waals surface area (Å²) in [6.07, 6.45) is 3.73. The molecule has 1 N–H and O–H groups in total. The molecule has 0 aliphatic heterocycles. The van der Waals surface area contributed by atoms with Gasteiger partial charge in [-0.25, -0.2) is 9.97 Å². The fourth-order valence-corrected chi connectivity index (χ4v) is 1.97. The number of nitrogens with one attached hydrogen (secondary N) is 1. The van der Waals surface area contributed by atoms with Crippen LogP contribution in [0.2, 0.25) is 5.15 Å². The number of anilines is 1. The second-order valence-electron chi connectivity index (χ2n) is 4.58. The quantitative estimate of drug-likeness (QED) is 0.929. The lowest BCUT2D eigenvalue weighted by Gasteiger charge is -2.15. The molecule has 4 nitrogen and oxygen atoms in total. The molecule has 1 atom stereocenters. The van der Waals surface area contributed by atoms with Crippen LogP contribution in [0.3, 0.4) is 0 Å². The average Bonchev–Trinajstić information content (AvgIpc) is 2.47. The largest absolute Gasteiger partial charge is 0.320 e. The van der Waals surface area contributed by atoms with Crippen molar-refractivity contribution in [3.05, 3.63) is 53.1 Å². The van der Waals surface area contributed by atoms with E-state index in [-0.39, 0.29) is 16.8 Å². The number of para-hydroxylation sites is 1. The van der Waals surface area contributed by atoms with Gasteiger partial charge in [-0.3, -0.25) is 4.79 Å². The van der Waals surface area contributed by atoms with Gasteiger partial charge in [0, 0.05) is 5.69 Å². The number of aromatic nitrogens is 2. The predicted octanol–water partition coefficient (Wildman–Crippen LogP) is 3.90. The number of nitrogens with zero attached hydrogens (tertiary/aromatic N) is 2. The van der Waals surface area contributed by atoms with E-state index in [9.17, 15) is 4.79 Å². The van der Waals surface area contributed by atoms with Crippen molar-refractivity contribution in [2.75, 3.05) is 5.32 Å². The summed E-state index contributed by atoms with van der Waals surface area (Å²) in [5.74, 6) is 0.0905. The normalized spacial score (nSPS) is 11.9. The number of benzene rings is 1. The Hall–Kier alpha value is -1.94. The van der Waals surface area contributed by atoms with Crippen LogP contribution >= 0.6 is 11.6 Å². The van der Waals surface area contributed by atoms with Crippen molar-refractivity contribution in [3.63, 3.8) is 0 Å². The Kier molecular flexibility index (Phi) is 4.69. The number of rotatable bonds is 4. The molecule has 20 heavy (non-hydrogen) atoms. The summed E-state index contributed by atoms with van der Waals surface area (Å²) >= 11 is 5.66. The Morgan fingerprint density at radius 3 is 2.70 bits per heavy atom. The monoisotopic (exact) mass is 289 g/mol. The van der Waals surface area contributed by atoms with Crippen LogP contribution in [0, 0.1) is 0 Å². The van der Waals surface area contributed by atoms with E-state index in [1.807, 2.05) is 24.3 Å². The highest BCUT2D eigenvalue weighted by Crippen LogP contribution is 2.26. The fraction of sp³-hybridized carbons (Fsp3) is 0.267. The van der Waals surface area contributed by atoms with Gasteiger partial charge in [0.1, 0.15) is 10.8 Å². The highest BCUT2D eigenvalue weighted by atomic mass is 35.5. The number of halogens is 1. The molecule has 1 amide bonds. The molecule has 1 aromatic heterocycles. The summed E-state index contributed by atoms with van der Waals surface area (Å²) in [7, 11) is 0. The molecule has 104 valence electrons. The van der Waals surface area contributed by atoms with Gasteiger partial charge in [0.2, 0.25) is 0 Å². The first-order valence-corrected chi connectivity index (χ1v) is 6.87. The van der Waals surface area contributed by atoms with Gasteiger partial charge in [0.05, 0.1) is 12.4 Å². The highest BCUT2D eigenvalue weighted by molar-refractivity contribution is 6.29. The Bertz CT molecular complexity index is 598. The van der Waals surface area contributed by atoms with Gasteiger partial charge in [-0.15, -0.1) is 0 Å². The molecule has 0 radical (unpaired) electrons. The van der Waals surface area contributed by atoms with Crippen LogP contribution in [0.5, 0.6) is 0 Å². The second kappa shape index (κ2) is 6.48. The van der Waals surface area contributed by atoms with Crippen molar-refractivity contribution in [1.29, 1.82) is 0 Å². The minimum absolute atomic E-state index is 0.244. The van der Waals surface area contributed by atoms with Crippen molar-refractivity contribution >= 4 is 23.2 Å². The van der Waals surface area contributed by atoms with E-state index in [1.165, 1.54) is 12.4 Å². The molecule has 0 saturated carbocycles. The maximum atomic E-state index is 12.1. The van der Waals surface area contributed by atoms with Crippen LogP contribution in [0.1, 0.15) is 42.2 Å². The van der Waals surface area contributed by atoms with Gasteiger partial charge in [0.25, 0.3) is 5.91 Å². The Morgan fingerprint density at radius 1 is 1.30 bits per heavy atom. The standard InChI is InChI=1S/C15H16ClN3O/c1-3-10(2)11-6-4-5-7-12(11)19-15(20)13-8-18-14(16)9-17-13/h4-10H,3H2,1-2H3,(H,19,20). The number of carbonyl (C=O) groups is 1. The maximum Gasteiger partial charge on any atom is 0.275 e. The van der Waals surface area contributed by atoms with Gasteiger partial charge in [-0.05, 0) is 24.0 Å². The SMILES string of the molecule is CCC(C)c1ccccc1NC(=O)c1cnc(Cl)cn1. The van der Waals surface area contributed by atoms with Gasteiger partial charge in [-0.2, -0.15) is 0 Å². The topological polar surface area (TPSA) is 54.9 Å². The molecule has 0 aliphatic rings. The van der Waals surface area contributed by atoms with Crippen molar-refractivity contribution in [2.24, 2.45) is 0 Å². The van der Waals surface area contributed by atoms with E-state index in [0.29, 0.717) is 5.92 Å². The maximum absolute atomic E-state index is 12.1. The zero-order valence-corrected chi connectivity index (χ0v) is 12.2. The minimum atomic E-state index is -0.287. The smallest absolute Gasteiger partial charge is 0.275 e. The number of amides is 1. The molecule has 0 saturated heterocycles. The third-order valence-corrected chi connectivity index (χ3v) is 3.40. The lowest BCUT2D eigenvalue weighted by atomic mass is 9.97. The van der Waals surface area contributed by atoms with Crippen molar-refractivity contribution < 1.29 is 4.79 Å². The molecule has 0 spiro atoms. The molecular formula is C15H16ClN3O. The molecule has 1 unspecified atom stereocenters. The lowest BCUT2D eigenvalue weighted by Crippen LogP contribution is -2.15. The van der Waals surface area contributed by atoms with Crippen LogP contribution < -0.4 is 5.32 Å². The third kappa shape index (κ3) is 3.33. The predicted molar refractivity (Wildman–Crippen MR) is 80.1 cm³/mol. The molecule has 0 aliphatic carbocycles. The summed E-state index contributed by atoms with van der Waals surface area (Å²) < 4.78 is 0. The van der Waals surface area contributed by atoms with Crippen molar-refractivity contribution in [3.8, 4) is 0 Å². The van der Waals surface area contributed by atoms with Gasteiger partial charge < -0.3 is 5.32 Å². The van der Waals surface area contributed by atoms with E-state index in [1.54, 1.807) is 0 Å². The minimum Gasteiger partial charge on any atom is -0.320 e. The van der Waals surface area contributed by atoms with Crippen molar-refractivity contribution in [2.45, 2.75) is 26.2 Å². The van der Waals surface area contributed by atoms with E-state index < -0.39 is 0 Å². The Morgan fingerprint density at radius 2 is 2.05 bits per heavy atom. The zero-order chi connectivity index (χ0) is 14.5. The summed E-state index contributed by atoms with van der Waals surface area (Å²) in [6, 6.07) is 7.79. The molecule has 5 heteroatoms. The van der Waals surface area contributed by atoms with E-state index >= 15 is 0 Å². The molecular weight excluding hydrogens is 274 g/mol. The molecule has 0 fully saturated rings. The fourth-order valence-electron chi connectivity index (χ4n) is 1.88. The first-order chi connectivity index (χ1) is 9.61. The summed E-state index contributed by atoms with van der Waals surface area (Å²) in [4.78, 5) is 20.0. The van der Waals surface area contributed by atoms with Crippen molar-refractivity contribution in [1.82, 2.24) is 9.97 Å². The van der Waals surface area contributed by atoms with Gasteiger partial charge >= 0.3 is 0 Å². The van der Waals surface area contributed by atoms with Crippen LogP contribution in [0.15, 0.2) is 36.7 Å². The summed E-state index contributed by atoms with van der Waals surface area (Å²) in [5.41, 5.74) is 2.17. The van der Waals surface area contributed by atoms with Crippen LogP contribution in [0.4, 0.5) is 5.69 Å². The van der Waals surface area contributed by atoms with E-state index in [4.69, 9.17) is 11.6 Å². The summed E-state index contributed by atoms with van der Waals surface area (Å²) in [6.45, 7) is 4.25. The Balaban J connectivity index is 2.21. The van der Waals surface area contributed by atoms with Crippen LogP contribution in [-0.4, -0.2) is 15.9 Å². The molecule has 1 aromatic carbocycles. The average molecular weight is 290 g/mol. The first-order valence-electron chi connectivity index (χ1n) is 6.49. The van der Waals surface area contributed by atoms with E-state index in [0.717, 1.165) is 17.7 Å². The van der Waals surface area contributed by atoms with Crippen LogP contribution in [-0.2, 0) is 0 Å². The Labute approximate surface area is 123 Å². The summed E-state index contributed by atoms with van der Waals surface area (Å²) in [5, 5.41) is 3.14. The van der Waals surface area contributed by atoms with Crippen LogP contribution in [0.25, 0.3) is 0 Å². The number of hydrogen-bond acceptors (Lipinski definition) is 3. The molecule has 0 bridgehead atoms. The highest BCUT2D eigenvalue weighted by Gasteiger charge is 2.13. The molecule has 2 aromatic rings. The second-order valence-corrected chi connectivity index (χ2v) is 4.96.